The van der Waals surface area contributed by atoms with Crippen LogP contribution in [0.5, 0.6) is 0 Å². The minimum Gasteiger partial charge on any atom is -0.464 e. The van der Waals surface area contributed by atoms with E-state index in [4.69, 9.17) is 10.5 Å². The van der Waals surface area contributed by atoms with Crippen LogP contribution in [0.4, 0.5) is 20.2 Å². The fourth-order valence-corrected chi connectivity index (χ4v) is 4.79. The average Bonchev–Trinajstić information content (AvgIpc) is 3.57. The Morgan fingerprint density at radius 3 is 2.67 bits per heavy atom. The average molecular weight is 547 g/mol. The van der Waals surface area contributed by atoms with Crippen LogP contribution >= 0.6 is 11.3 Å². The zero-order chi connectivity index (χ0) is 27.4. The molecule has 1 aliphatic heterocycles. The largest absolute Gasteiger partial charge is 0.464 e. The summed E-state index contributed by atoms with van der Waals surface area (Å²) in [5.41, 5.74) is 8.73. The number of thiazole rings is 1. The third-order valence-electron chi connectivity index (χ3n) is 6.03. The van der Waals surface area contributed by atoms with E-state index in [1.807, 2.05) is 6.07 Å². The molecule has 0 aliphatic carbocycles. The van der Waals surface area contributed by atoms with E-state index in [2.05, 4.69) is 25.9 Å². The van der Waals surface area contributed by atoms with Gasteiger partial charge < -0.3 is 21.1 Å². The second-order valence-electron chi connectivity index (χ2n) is 8.60. The van der Waals surface area contributed by atoms with E-state index in [-0.39, 0.29) is 24.1 Å². The number of hydrogen-bond acceptors (Lipinski definition) is 9. The van der Waals surface area contributed by atoms with Crippen LogP contribution in [0.15, 0.2) is 67.1 Å². The summed E-state index contributed by atoms with van der Waals surface area (Å²) in [6.45, 7) is 0.577. The number of nitrogens with one attached hydrogen (secondary N) is 3. The van der Waals surface area contributed by atoms with Gasteiger partial charge in [0.2, 0.25) is 0 Å². The maximum absolute atomic E-state index is 14.0. The van der Waals surface area contributed by atoms with Crippen molar-refractivity contribution >= 4 is 44.9 Å². The van der Waals surface area contributed by atoms with Gasteiger partial charge in [-0.3, -0.25) is 19.9 Å². The lowest BCUT2D eigenvalue weighted by atomic mass is 9.95. The third-order valence-corrected chi connectivity index (χ3v) is 6.87. The van der Waals surface area contributed by atoms with Crippen LogP contribution in [-0.2, 0) is 16.1 Å². The third kappa shape index (κ3) is 5.92. The lowest BCUT2D eigenvalue weighted by molar-refractivity contribution is -0.138. The van der Waals surface area contributed by atoms with Crippen LogP contribution in [0.25, 0.3) is 11.1 Å². The van der Waals surface area contributed by atoms with Gasteiger partial charge in [0.25, 0.3) is 11.8 Å². The smallest absolute Gasteiger partial charge is 0.328 e. The molecule has 2 aromatic heterocycles. The number of ether oxygens (including phenoxy) is 1. The molecule has 0 bridgehead atoms. The molecule has 12 heteroatoms. The fraction of sp³-hybridized carbons (Fsp3) is 0.148. The van der Waals surface area contributed by atoms with Crippen molar-refractivity contribution in [2.75, 3.05) is 22.6 Å². The van der Waals surface area contributed by atoms with Gasteiger partial charge in [0.1, 0.15) is 11.0 Å². The van der Waals surface area contributed by atoms with Crippen LogP contribution in [0.1, 0.15) is 32.7 Å². The summed E-state index contributed by atoms with van der Waals surface area (Å²) < 4.78 is 18.9. The first-order chi connectivity index (χ1) is 18.9. The Morgan fingerprint density at radius 2 is 1.90 bits per heavy atom. The van der Waals surface area contributed by atoms with E-state index in [0.717, 1.165) is 11.8 Å². The molecule has 5 N–H and O–H groups in total. The van der Waals surface area contributed by atoms with Crippen molar-refractivity contribution in [2.45, 2.75) is 19.0 Å². The molecule has 39 heavy (non-hydrogen) atoms. The highest BCUT2D eigenvalue weighted by Crippen LogP contribution is 2.29. The maximum atomic E-state index is 14.0. The summed E-state index contributed by atoms with van der Waals surface area (Å²) in [6, 6.07) is 12.8. The number of halogens is 1. The van der Waals surface area contributed by atoms with Gasteiger partial charge in [-0.25, -0.2) is 14.2 Å². The van der Waals surface area contributed by atoms with Crippen LogP contribution in [0.2, 0.25) is 0 Å². The molecule has 4 aromatic rings. The quantitative estimate of drug-likeness (QED) is 0.242. The first-order valence-corrected chi connectivity index (χ1v) is 12.8. The van der Waals surface area contributed by atoms with E-state index in [1.165, 1.54) is 23.6 Å². The summed E-state index contributed by atoms with van der Waals surface area (Å²) in [4.78, 5) is 45.4. The van der Waals surface area contributed by atoms with Crippen molar-refractivity contribution < 1.29 is 23.5 Å². The van der Waals surface area contributed by atoms with Crippen LogP contribution in [-0.4, -0.2) is 40.4 Å². The molecule has 1 saturated heterocycles. The van der Waals surface area contributed by atoms with Gasteiger partial charge in [0, 0.05) is 30.3 Å². The van der Waals surface area contributed by atoms with E-state index < -0.39 is 17.8 Å². The molecule has 1 atom stereocenters. The molecule has 0 spiro atoms. The molecule has 198 valence electrons. The fourth-order valence-electron chi connectivity index (χ4n) is 4.03. The van der Waals surface area contributed by atoms with Crippen molar-refractivity contribution in [3.63, 3.8) is 0 Å². The summed E-state index contributed by atoms with van der Waals surface area (Å²) in [6.07, 6.45) is 4.51. The monoisotopic (exact) mass is 546 g/mol. The number of nitrogens with two attached hydrogens (primary N) is 1. The summed E-state index contributed by atoms with van der Waals surface area (Å²) in [5, 5.41) is 9.37. The minimum atomic E-state index is -0.646. The molecule has 1 unspecified atom stereocenters. The minimum absolute atomic E-state index is 0.0156. The molecule has 2 amide bonds. The topological polar surface area (TPSA) is 148 Å². The number of nitrogens with zero attached hydrogens (tertiary/aromatic N) is 2. The predicted molar refractivity (Wildman–Crippen MR) is 145 cm³/mol. The SMILES string of the molecule is NCc1ccc(C(=O)Nc2ccncc2F)cc1-c1cccc(C(=O)Nc2ncc(NC3CCOC3=O)s2)c1. The van der Waals surface area contributed by atoms with Gasteiger partial charge in [-0.2, -0.15) is 0 Å². The second kappa shape index (κ2) is 11.4. The highest BCUT2D eigenvalue weighted by molar-refractivity contribution is 7.19. The zero-order valence-corrected chi connectivity index (χ0v) is 21.3. The molecule has 0 radical (unpaired) electrons. The number of amides is 2. The van der Waals surface area contributed by atoms with Gasteiger partial charge >= 0.3 is 5.97 Å². The normalized spacial score (nSPS) is 14.5. The Bertz CT molecular complexity index is 1560. The van der Waals surface area contributed by atoms with E-state index in [9.17, 15) is 18.8 Å². The molecule has 1 fully saturated rings. The Balaban J connectivity index is 1.33. The highest BCUT2D eigenvalue weighted by atomic mass is 32.1. The van der Waals surface area contributed by atoms with Gasteiger partial charge in [-0.1, -0.05) is 29.5 Å². The van der Waals surface area contributed by atoms with Crippen molar-refractivity contribution in [3.05, 3.63) is 89.6 Å². The zero-order valence-electron chi connectivity index (χ0n) is 20.4. The van der Waals surface area contributed by atoms with Gasteiger partial charge in [0.05, 0.1) is 24.7 Å². The second-order valence-corrected chi connectivity index (χ2v) is 9.63. The number of aromatic nitrogens is 2. The van der Waals surface area contributed by atoms with Gasteiger partial charge in [-0.05, 0) is 47.0 Å². The van der Waals surface area contributed by atoms with E-state index in [0.29, 0.717) is 45.4 Å². The summed E-state index contributed by atoms with van der Waals surface area (Å²) in [7, 11) is 0. The van der Waals surface area contributed by atoms with Gasteiger partial charge in [0.15, 0.2) is 10.9 Å². The number of anilines is 3. The van der Waals surface area contributed by atoms with E-state index >= 15 is 0 Å². The van der Waals surface area contributed by atoms with Crippen molar-refractivity contribution in [1.29, 1.82) is 0 Å². The molecular formula is C27H23FN6O4S. The maximum Gasteiger partial charge on any atom is 0.328 e. The standard InChI is InChI=1S/C27H23FN6O4S/c28-20-13-30-8-6-21(20)33-24(35)17-4-5-18(12-29)19(11-17)15-2-1-3-16(10-15)25(36)34-27-31-14-23(39-27)32-22-7-9-38-26(22)37/h1-6,8,10-11,13-14,22,32H,7,9,12,29H2,(H,30,33,35)(H,31,34,36). The lowest BCUT2D eigenvalue weighted by Gasteiger charge is -2.13. The Morgan fingerprint density at radius 1 is 1.08 bits per heavy atom. The predicted octanol–water partition coefficient (Wildman–Crippen LogP) is 4.03. The lowest BCUT2D eigenvalue weighted by Crippen LogP contribution is -2.23. The molecule has 0 saturated carbocycles. The summed E-state index contributed by atoms with van der Waals surface area (Å²) >= 11 is 1.20. The Hall–Kier alpha value is -4.68. The van der Waals surface area contributed by atoms with Gasteiger partial charge in [-0.15, -0.1) is 0 Å². The molecular weight excluding hydrogens is 523 g/mol. The molecule has 3 heterocycles. The van der Waals surface area contributed by atoms with Crippen LogP contribution in [0.3, 0.4) is 0 Å². The van der Waals surface area contributed by atoms with Crippen molar-refractivity contribution in [2.24, 2.45) is 5.73 Å². The number of carbonyl (C=O) groups is 3. The number of rotatable bonds is 8. The van der Waals surface area contributed by atoms with Crippen molar-refractivity contribution in [3.8, 4) is 11.1 Å². The number of benzene rings is 2. The number of cyclic esters (lactones) is 1. The number of carbonyl (C=O) groups excluding carboxylic acids is 3. The molecule has 10 nitrogen and oxygen atoms in total. The van der Waals surface area contributed by atoms with Crippen LogP contribution < -0.4 is 21.7 Å². The number of pyridine rings is 1. The Kier molecular flexibility index (Phi) is 7.57. The molecule has 5 rings (SSSR count). The first-order valence-electron chi connectivity index (χ1n) is 12.0. The van der Waals surface area contributed by atoms with Crippen LogP contribution in [0, 0.1) is 5.82 Å². The number of hydrogen-bond donors (Lipinski definition) is 4. The van der Waals surface area contributed by atoms with E-state index in [1.54, 1.807) is 42.6 Å². The Labute approximate surface area is 226 Å². The highest BCUT2D eigenvalue weighted by Gasteiger charge is 2.26. The number of esters is 1. The first kappa shape index (κ1) is 25.9. The molecule has 1 aliphatic rings. The van der Waals surface area contributed by atoms with Crippen molar-refractivity contribution in [1.82, 2.24) is 9.97 Å². The summed E-state index contributed by atoms with van der Waals surface area (Å²) in [5.74, 6) is -1.84. The molecule has 2 aromatic carbocycles.